The monoisotopic (exact) mass is 243 g/mol. The Kier molecular flexibility index (Phi) is 5.37. The van der Waals surface area contributed by atoms with Crippen LogP contribution in [0.4, 0.5) is 0 Å². The Hall–Kier alpha value is -1.14. The van der Waals surface area contributed by atoms with Gasteiger partial charge in [-0.3, -0.25) is 15.0 Å². The maximum Gasteiger partial charge on any atom is 0.303 e. The number of carboxylic acid groups (broad SMARTS) is 1. The number of hydrogen-bond acceptors (Lipinski definition) is 4. The maximum atomic E-state index is 11.6. The smallest absolute Gasteiger partial charge is 0.303 e. The molecular formula is C11H21N3O3. The molecule has 1 saturated heterocycles. The number of hydrazine groups is 1. The van der Waals surface area contributed by atoms with Crippen LogP contribution in [0, 0.1) is 5.92 Å². The number of rotatable bonds is 5. The Labute approximate surface area is 102 Å². The molecule has 0 aromatic heterocycles. The molecule has 1 rings (SSSR count). The zero-order chi connectivity index (χ0) is 12.8. The topological polar surface area (TPSA) is 72.9 Å². The van der Waals surface area contributed by atoms with Gasteiger partial charge in [0.2, 0.25) is 5.91 Å². The van der Waals surface area contributed by atoms with Crippen LogP contribution in [0.15, 0.2) is 0 Å². The van der Waals surface area contributed by atoms with Crippen LogP contribution in [0.2, 0.25) is 0 Å². The highest BCUT2D eigenvalue weighted by molar-refractivity contribution is 5.76. The molecular weight excluding hydrogens is 222 g/mol. The van der Waals surface area contributed by atoms with Crippen molar-refractivity contribution < 1.29 is 14.7 Å². The van der Waals surface area contributed by atoms with E-state index in [4.69, 9.17) is 5.11 Å². The molecule has 1 heterocycles. The molecule has 1 amide bonds. The highest BCUT2D eigenvalue weighted by atomic mass is 16.4. The molecule has 6 nitrogen and oxygen atoms in total. The van der Waals surface area contributed by atoms with E-state index in [0.29, 0.717) is 0 Å². The summed E-state index contributed by atoms with van der Waals surface area (Å²) in [6, 6.07) is 0. The van der Waals surface area contributed by atoms with Crippen molar-refractivity contribution in [3.8, 4) is 0 Å². The number of carbonyl (C=O) groups excluding carboxylic acids is 1. The van der Waals surface area contributed by atoms with E-state index in [2.05, 4.69) is 10.3 Å². The first kappa shape index (κ1) is 13.9. The lowest BCUT2D eigenvalue weighted by atomic mass is 10.0. The van der Waals surface area contributed by atoms with Crippen molar-refractivity contribution in [1.82, 2.24) is 15.3 Å². The Morgan fingerprint density at radius 3 is 2.35 bits per heavy atom. The zero-order valence-electron chi connectivity index (χ0n) is 10.5. The molecule has 0 aromatic carbocycles. The summed E-state index contributed by atoms with van der Waals surface area (Å²) in [7, 11) is 2.05. The molecule has 0 aromatic rings. The fourth-order valence-electron chi connectivity index (χ4n) is 1.83. The molecule has 1 unspecified atom stereocenters. The van der Waals surface area contributed by atoms with Gasteiger partial charge in [-0.2, -0.15) is 0 Å². The van der Waals surface area contributed by atoms with Crippen LogP contribution in [0.25, 0.3) is 0 Å². The van der Waals surface area contributed by atoms with E-state index in [9.17, 15) is 9.59 Å². The molecule has 0 spiro atoms. The molecule has 1 fully saturated rings. The average Bonchev–Trinajstić information content (AvgIpc) is 2.19. The summed E-state index contributed by atoms with van der Waals surface area (Å²) in [5, 5.41) is 10.5. The lowest BCUT2D eigenvalue weighted by Crippen LogP contribution is -2.52. The van der Waals surface area contributed by atoms with E-state index >= 15 is 0 Å². The molecule has 0 saturated carbocycles. The van der Waals surface area contributed by atoms with Gasteiger partial charge in [-0.15, -0.1) is 0 Å². The predicted molar refractivity (Wildman–Crippen MR) is 63.2 cm³/mol. The molecule has 1 atom stereocenters. The lowest BCUT2D eigenvalue weighted by molar-refractivity contribution is -0.138. The van der Waals surface area contributed by atoms with E-state index < -0.39 is 5.97 Å². The quantitative estimate of drug-likeness (QED) is 0.697. The Bertz CT molecular complexity index is 275. The van der Waals surface area contributed by atoms with E-state index in [1.807, 2.05) is 12.1 Å². The van der Waals surface area contributed by atoms with Crippen LogP contribution in [-0.4, -0.2) is 60.1 Å². The second kappa shape index (κ2) is 6.56. The van der Waals surface area contributed by atoms with E-state index in [0.717, 1.165) is 26.2 Å². The number of carbonyl (C=O) groups is 2. The highest BCUT2D eigenvalue weighted by Gasteiger charge is 2.17. The number of hydrogen-bond donors (Lipinski definition) is 2. The van der Waals surface area contributed by atoms with Gasteiger partial charge < -0.3 is 10.0 Å². The van der Waals surface area contributed by atoms with E-state index in [-0.39, 0.29) is 24.7 Å². The molecule has 2 N–H and O–H groups in total. The van der Waals surface area contributed by atoms with Crippen LogP contribution in [-0.2, 0) is 9.59 Å². The minimum atomic E-state index is -0.857. The second-order valence-electron chi connectivity index (χ2n) is 4.73. The third kappa shape index (κ3) is 5.65. The summed E-state index contributed by atoms with van der Waals surface area (Å²) < 4.78 is 0. The molecule has 98 valence electrons. The minimum absolute atomic E-state index is 0.0379. The van der Waals surface area contributed by atoms with Crippen molar-refractivity contribution in [3.63, 3.8) is 0 Å². The number of nitrogens with zero attached hydrogens (tertiary/aromatic N) is 2. The summed E-state index contributed by atoms with van der Waals surface area (Å²) in [5.74, 6) is -1.08. The van der Waals surface area contributed by atoms with Crippen LogP contribution in [0.5, 0.6) is 0 Å². The molecule has 17 heavy (non-hydrogen) atoms. The van der Waals surface area contributed by atoms with Crippen LogP contribution in [0.1, 0.15) is 19.8 Å². The SMILES string of the molecule is CC(CC(=O)O)CC(=O)NN1CCN(C)CC1. The van der Waals surface area contributed by atoms with E-state index in [1.165, 1.54) is 0 Å². The second-order valence-corrected chi connectivity index (χ2v) is 4.73. The van der Waals surface area contributed by atoms with Crippen LogP contribution >= 0.6 is 0 Å². The molecule has 0 aliphatic carbocycles. The predicted octanol–water partition coefficient (Wildman–Crippen LogP) is -0.234. The number of amides is 1. The largest absolute Gasteiger partial charge is 0.481 e. The fourth-order valence-corrected chi connectivity index (χ4v) is 1.83. The molecule has 1 aliphatic rings. The van der Waals surface area contributed by atoms with Crippen LogP contribution in [0.3, 0.4) is 0 Å². The zero-order valence-corrected chi connectivity index (χ0v) is 10.5. The Morgan fingerprint density at radius 2 is 1.82 bits per heavy atom. The van der Waals surface area contributed by atoms with Crippen LogP contribution < -0.4 is 5.43 Å². The summed E-state index contributed by atoms with van der Waals surface area (Å²) in [6.45, 7) is 5.28. The first-order valence-electron chi connectivity index (χ1n) is 5.92. The fraction of sp³-hybridized carbons (Fsp3) is 0.818. The molecule has 6 heteroatoms. The van der Waals surface area contributed by atoms with Crippen molar-refractivity contribution in [1.29, 1.82) is 0 Å². The number of carboxylic acids is 1. The van der Waals surface area contributed by atoms with Crippen molar-refractivity contribution in [2.45, 2.75) is 19.8 Å². The van der Waals surface area contributed by atoms with Crippen molar-refractivity contribution in [2.75, 3.05) is 33.2 Å². The lowest BCUT2D eigenvalue weighted by Gasteiger charge is -2.32. The van der Waals surface area contributed by atoms with Gasteiger partial charge in [0.15, 0.2) is 0 Å². The average molecular weight is 243 g/mol. The van der Waals surface area contributed by atoms with Gasteiger partial charge in [-0.25, -0.2) is 5.01 Å². The third-order valence-electron chi connectivity index (χ3n) is 2.84. The summed E-state index contributed by atoms with van der Waals surface area (Å²) in [5.41, 5.74) is 2.82. The van der Waals surface area contributed by atoms with Crippen molar-refractivity contribution in [3.05, 3.63) is 0 Å². The molecule has 1 aliphatic heterocycles. The standard InChI is InChI=1S/C11H21N3O3/c1-9(8-11(16)17)7-10(15)12-14-5-3-13(2)4-6-14/h9H,3-8H2,1-2H3,(H,12,15)(H,16,17). The number of likely N-dealkylation sites (N-methyl/N-ethyl adjacent to an activating group) is 1. The highest BCUT2D eigenvalue weighted by Crippen LogP contribution is 2.07. The molecule has 0 radical (unpaired) electrons. The van der Waals surface area contributed by atoms with Gasteiger partial charge in [0.05, 0.1) is 0 Å². The van der Waals surface area contributed by atoms with Gasteiger partial charge >= 0.3 is 5.97 Å². The minimum Gasteiger partial charge on any atom is -0.481 e. The number of piperazine rings is 1. The van der Waals surface area contributed by atoms with E-state index in [1.54, 1.807) is 6.92 Å². The van der Waals surface area contributed by atoms with Gasteiger partial charge in [0, 0.05) is 39.0 Å². The van der Waals surface area contributed by atoms with Crippen molar-refractivity contribution >= 4 is 11.9 Å². The van der Waals surface area contributed by atoms with Gasteiger partial charge in [0.25, 0.3) is 0 Å². The summed E-state index contributed by atoms with van der Waals surface area (Å²) >= 11 is 0. The number of aliphatic carboxylic acids is 1. The molecule has 0 bridgehead atoms. The summed E-state index contributed by atoms with van der Waals surface area (Å²) in [4.78, 5) is 24.3. The van der Waals surface area contributed by atoms with Crippen molar-refractivity contribution in [2.24, 2.45) is 5.92 Å². The summed E-state index contributed by atoms with van der Waals surface area (Å²) in [6.07, 6.45) is 0.300. The Balaban J connectivity index is 2.22. The third-order valence-corrected chi connectivity index (χ3v) is 2.84. The number of nitrogens with one attached hydrogen (secondary N) is 1. The first-order chi connectivity index (χ1) is 7.97. The van der Waals surface area contributed by atoms with Gasteiger partial charge in [-0.1, -0.05) is 6.92 Å². The van der Waals surface area contributed by atoms with Gasteiger partial charge in [0.1, 0.15) is 0 Å². The first-order valence-corrected chi connectivity index (χ1v) is 5.92. The Morgan fingerprint density at radius 1 is 1.24 bits per heavy atom. The maximum absolute atomic E-state index is 11.6. The normalized spacial score (nSPS) is 19.9. The van der Waals surface area contributed by atoms with Gasteiger partial charge in [-0.05, 0) is 13.0 Å².